The third-order valence-corrected chi connectivity index (χ3v) is 5.09. The monoisotopic (exact) mass is 385 g/mol. The molecule has 4 rings (SSSR count). The predicted molar refractivity (Wildman–Crippen MR) is 99.8 cm³/mol. The minimum absolute atomic E-state index is 0.0275. The lowest BCUT2D eigenvalue weighted by molar-refractivity contribution is -0.123. The van der Waals surface area contributed by atoms with Crippen LogP contribution in [0.5, 0.6) is 0 Å². The number of piperidine rings is 1. The van der Waals surface area contributed by atoms with Crippen LogP contribution >= 0.6 is 11.6 Å². The summed E-state index contributed by atoms with van der Waals surface area (Å²) in [6, 6.07) is 6.63. The number of nitrogens with one attached hydrogen (secondary N) is 1. The summed E-state index contributed by atoms with van der Waals surface area (Å²) in [5, 5.41) is 7.62. The first-order valence-corrected chi connectivity index (χ1v) is 9.07. The first-order valence-electron chi connectivity index (χ1n) is 8.69. The number of aromatic nitrogens is 4. The van der Waals surface area contributed by atoms with E-state index in [-0.39, 0.29) is 11.8 Å². The molecule has 0 aromatic carbocycles. The summed E-state index contributed by atoms with van der Waals surface area (Å²) in [6.45, 7) is 0.567. The molecule has 0 saturated carbocycles. The topological polar surface area (TPSA) is 74.8 Å². The van der Waals surface area contributed by atoms with Crippen LogP contribution in [0, 0.1) is 11.9 Å². The fourth-order valence-electron chi connectivity index (χ4n) is 3.37. The molecule has 1 amide bonds. The van der Waals surface area contributed by atoms with Crippen molar-refractivity contribution >= 4 is 23.3 Å². The molecule has 0 radical (unpaired) electrons. The van der Waals surface area contributed by atoms with Crippen LogP contribution in [0.15, 0.2) is 42.9 Å². The Bertz CT molecular complexity index is 944. The lowest BCUT2D eigenvalue weighted by atomic mass is 9.91. The molecular weight excluding hydrogens is 369 g/mol. The number of hydrogen-bond acceptors (Lipinski definition) is 4. The highest BCUT2D eigenvalue weighted by atomic mass is 35.5. The third kappa shape index (κ3) is 3.55. The van der Waals surface area contributed by atoms with E-state index in [0.717, 1.165) is 24.0 Å². The van der Waals surface area contributed by atoms with Gasteiger partial charge in [-0.1, -0.05) is 17.7 Å². The first kappa shape index (κ1) is 17.6. The van der Waals surface area contributed by atoms with Crippen molar-refractivity contribution in [1.82, 2.24) is 20.2 Å². The Morgan fingerprint density at radius 2 is 2.07 bits per heavy atom. The van der Waals surface area contributed by atoms with E-state index in [1.165, 1.54) is 12.3 Å². The number of aromatic amines is 1. The average Bonchev–Trinajstić information content (AvgIpc) is 3.07. The van der Waals surface area contributed by atoms with Crippen molar-refractivity contribution in [1.29, 1.82) is 0 Å². The maximum absolute atomic E-state index is 13.0. The first-order chi connectivity index (χ1) is 13.1. The van der Waals surface area contributed by atoms with Gasteiger partial charge in [-0.05, 0) is 43.0 Å². The van der Waals surface area contributed by atoms with E-state index in [0.29, 0.717) is 29.5 Å². The SMILES string of the molecule is O=C1[C@H](Cc2ccc(F)nc2)CCCN1c1n[nH]c(-c2ccncc2)c1Cl. The molecule has 1 fully saturated rings. The van der Waals surface area contributed by atoms with E-state index in [1.807, 2.05) is 12.1 Å². The summed E-state index contributed by atoms with van der Waals surface area (Å²) in [6.07, 6.45) is 6.95. The Hall–Kier alpha value is -2.80. The minimum atomic E-state index is -0.526. The van der Waals surface area contributed by atoms with Crippen molar-refractivity contribution in [3.05, 3.63) is 59.4 Å². The summed E-state index contributed by atoms with van der Waals surface area (Å²) in [5.74, 6) is -0.318. The molecule has 3 aromatic rings. The van der Waals surface area contributed by atoms with Gasteiger partial charge in [0.05, 0.1) is 5.69 Å². The Kier molecular flexibility index (Phi) is 4.85. The van der Waals surface area contributed by atoms with Gasteiger partial charge >= 0.3 is 0 Å². The molecule has 1 aliphatic heterocycles. The van der Waals surface area contributed by atoms with Gasteiger partial charge in [0, 0.05) is 36.6 Å². The zero-order valence-electron chi connectivity index (χ0n) is 14.4. The molecule has 0 aliphatic carbocycles. The zero-order chi connectivity index (χ0) is 18.8. The number of H-pyrrole nitrogens is 1. The second-order valence-electron chi connectivity index (χ2n) is 6.49. The summed E-state index contributed by atoms with van der Waals surface area (Å²) >= 11 is 6.52. The van der Waals surface area contributed by atoms with Gasteiger partial charge in [-0.2, -0.15) is 9.49 Å². The summed E-state index contributed by atoms with van der Waals surface area (Å²) in [4.78, 5) is 22.3. The lowest BCUT2D eigenvalue weighted by Crippen LogP contribution is -2.42. The number of amides is 1. The van der Waals surface area contributed by atoms with Gasteiger partial charge in [0.15, 0.2) is 5.82 Å². The molecule has 1 atom stereocenters. The molecule has 3 aromatic heterocycles. The van der Waals surface area contributed by atoms with E-state index < -0.39 is 5.95 Å². The van der Waals surface area contributed by atoms with Crippen molar-refractivity contribution in [2.24, 2.45) is 5.92 Å². The van der Waals surface area contributed by atoms with Crippen LogP contribution in [0.2, 0.25) is 5.02 Å². The van der Waals surface area contributed by atoms with Crippen LogP contribution in [0.3, 0.4) is 0 Å². The number of carbonyl (C=O) groups is 1. The number of halogens is 2. The molecule has 27 heavy (non-hydrogen) atoms. The zero-order valence-corrected chi connectivity index (χ0v) is 15.2. The number of rotatable bonds is 4. The van der Waals surface area contributed by atoms with E-state index in [4.69, 9.17) is 11.6 Å². The molecule has 1 saturated heterocycles. The van der Waals surface area contributed by atoms with E-state index in [9.17, 15) is 9.18 Å². The molecular formula is C19H17ClFN5O. The van der Waals surface area contributed by atoms with Gasteiger partial charge in [0.1, 0.15) is 5.02 Å². The molecule has 0 unspecified atom stereocenters. The maximum atomic E-state index is 13.0. The molecule has 1 N–H and O–H groups in total. The van der Waals surface area contributed by atoms with Gasteiger partial charge in [0.25, 0.3) is 0 Å². The van der Waals surface area contributed by atoms with E-state index in [1.54, 1.807) is 23.4 Å². The van der Waals surface area contributed by atoms with Crippen LogP contribution in [-0.2, 0) is 11.2 Å². The van der Waals surface area contributed by atoms with Gasteiger partial charge < -0.3 is 0 Å². The van der Waals surface area contributed by atoms with Crippen LogP contribution in [0.1, 0.15) is 18.4 Å². The highest BCUT2D eigenvalue weighted by Crippen LogP contribution is 2.36. The molecule has 1 aliphatic rings. The van der Waals surface area contributed by atoms with E-state index in [2.05, 4.69) is 20.2 Å². The summed E-state index contributed by atoms with van der Waals surface area (Å²) in [7, 11) is 0. The number of carbonyl (C=O) groups excluding carboxylic acids is 1. The number of nitrogens with zero attached hydrogens (tertiary/aromatic N) is 4. The van der Waals surface area contributed by atoms with Crippen molar-refractivity contribution in [3.8, 4) is 11.3 Å². The van der Waals surface area contributed by atoms with Gasteiger partial charge in [0.2, 0.25) is 11.9 Å². The second kappa shape index (κ2) is 7.44. The van der Waals surface area contributed by atoms with E-state index >= 15 is 0 Å². The van der Waals surface area contributed by atoms with Gasteiger partial charge in [-0.15, -0.1) is 0 Å². The maximum Gasteiger partial charge on any atom is 0.231 e. The predicted octanol–water partition coefficient (Wildman–Crippen LogP) is 3.64. The molecule has 4 heterocycles. The number of hydrogen-bond donors (Lipinski definition) is 1. The largest absolute Gasteiger partial charge is 0.294 e. The quantitative estimate of drug-likeness (QED) is 0.696. The highest BCUT2D eigenvalue weighted by molar-refractivity contribution is 6.36. The molecule has 6 nitrogen and oxygen atoms in total. The average molecular weight is 386 g/mol. The molecule has 138 valence electrons. The van der Waals surface area contributed by atoms with Crippen LogP contribution in [-0.4, -0.2) is 32.6 Å². The highest BCUT2D eigenvalue weighted by Gasteiger charge is 2.33. The molecule has 0 bridgehead atoms. The van der Waals surface area contributed by atoms with Crippen LogP contribution in [0.25, 0.3) is 11.3 Å². The van der Waals surface area contributed by atoms with Crippen LogP contribution in [0.4, 0.5) is 10.2 Å². The van der Waals surface area contributed by atoms with Crippen molar-refractivity contribution < 1.29 is 9.18 Å². The van der Waals surface area contributed by atoms with Crippen LogP contribution < -0.4 is 4.90 Å². The third-order valence-electron chi connectivity index (χ3n) is 4.73. The summed E-state index contributed by atoms with van der Waals surface area (Å²) < 4.78 is 13.0. The smallest absolute Gasteiger partial charge is 0.231 e. The molecule has 8 heteroatoms. The normalized spacial score (nSPS) is 17.3. The fraction of sp³-hybridized carbons (Fsp3) is 0.263. The molecule has 0 spiro atoms. The Balaban J connectivity index is 1.56. The number of anilines is 1. The fourth-order valence-corrected chi connectivity index (χ4v) is 3.66. The van der Waals surface area contributed by atoms with Crippen molar-refractivity contribution in [2.45, 2.75) is 19.3 Å². The Labute approximate surface area is 160 Å². The Morgan fingerprint density at radius 1 is 1.26 bits per heavy atom. The van der Waals surface area contributed by atoms with Gasteiger partial charge in [-0.3, -0.25) is 19.8 Å². The summed E-state index contributed by atoms with van der Waals surface area (Å²) in [5.41, 5.74) is 2.35. The second-order valence-corrected chi connectivity index (χ2v) is 6.87. The minimum Gasteiger partial charge on any atom is -0.294 e. The van der Waals surface area contributed by atoms with Gasteiger partial charge in [-0.25, -0.2) is 4.98 Å². The standard InChI is InChI=1S/C19H17ClFN5O/c20-16-17(13-5-7-22-8-6-13)24-25-18(16)26-9-1-2-14(19(26)27)10-12-3-4-15(21)23-11-12/h3-8,11,14H,1-2,9-10H2,(H,24,25)/t14-/m0/s1. The van der Waals surface area contributed by atoms with Crippen molar-refractivity contribution in [3.63, 3.8) is 0 Å². The number of pyridine rings is 2. The van der Waals surface area contributed by atoms with Crippen molar-refractivity contribution in [2.75, 3.05) is 11.4 Å². The Morgan fingerprint density at radius 3 is 2.81 bits per heavy atom. The lowest BCUT2D eigenvalue weighted by Gasteiger charge is -2.31.